The molecule has 1 aromatic rings. The normalized spacial score (nSPS) is 12.8. The number of thioether (sulfide) groups is 1. The van der Waals surface area contributed by atoms with Crippen LogP contribution >= 0.6 is 11.8 Å². The summed E-state index contributed by atoms with van der Waals surface area (Å²) in [7, 11) is 0. The van der Waals surface area contributed by atoms with Crippen molar-refractivity contribution in [3.05, 3.63) is 35.9 Å². The first-order valence-electron chi connectivity index (χ1n) is 7.82. The zero-order valence-corrected chi connectivity index (χ0v) is 15.0. The van der Waals surface area contributed by atoms with Gasteiger partial charge in [0.05, 0.1) is 0 Å². The molecule has 1 rings (SSSR count). The smallest absolute Gasteiger partial charge is 0.329 e. The Morgan fingerprint density at radius 2 is 1.88 bits per heavy atom. The van der Waals surface area contributed by atoms with Crippen molar-refractivity contribution >= 4 is 29.5 Å². The maximum absolute atomic E-state index is 12.3. The first kappa shape index (κ1) is 20.0. The highest BCUT2D eigenvalue weighted by Gasteiger charge is 2.26. The van der Waals surface area contributed by atoms with E-state index in [0.717, 1.165) is 0 Å². The number of likely N-dealkylation sites (N-methyl/N-ethyl adjacent to an activating group) is 1. The van der Waals surface area contributed by atoms with Crippen LogP contribution in [0.5, 0.6) is 0 Å². The summed E-state index contributed by atoms with van der Waals surface area (Å²) in [4.78, 5) is 36.2. The molecule has 2 atom stereocenters. The maximum Gasteiger partial charge on any atom is 0.329 e. The molecule has 24 heavy (non-hydrogen) atoms. The van der Waals surface area contributed by atoms with Gasteiger partial charge in [0.25, 0.3) is 11.8 Å². The lowest BCUT2D eigenvalue weighted by atomic mass is 10.1. The van der Waals surface area contributed by atoms with Gasteiger partial charge in [-0.05, 0) is 44.4 Å². The molecule has 132 valence electrons. The van der Waals surface area contributed by atoms with Crippen LogP contribution in [0.25, 0.3) is 0 Å². The lowest BCUT2D eigenvalue weighted by Crippen LogP contribution is -2.45. The molecule has 2 amide bonds. The minimum absolute atomic E-state index is 0.343. The van der Waals surface area contributed by atoms with E-state index in [4.69, 9.17) is 4.74 Å². The molecule has 1 aromatic carbocycles. The average molecular weight is 352 g/mol. The van der Waals surface area contributed by atoms with Crippen LogP contribution in [0.3, 0.4) is 0 Å². The second kappa shape index (κ2) is 10.7. The van der Waals surface area contributed by atoms with Gasteiger partial charge >= 0.3 is 5.97 Å². The largest absolute Gasteiger partial charge is 0.451 e. The van der Waals surface area contributed by atoms with E-state index in [-0.39, 0.29) is 11.8 Å². The Bertz CT molecular complexity index is 551. The van der Waals surface area contributed by atoms with Crippen LogP contribution in [0.4, 0.5) is 0 Å². The van der Waals surface area contributed by atoms with Crippen molar-refractivity contribution in [3.8, 4) is 0 Å². The fraction of sp³-hybridized carbons (Fsp3) is 0.471. The van der Waals surface area contributed by atoms with Crippen molar-refractivity contribution in [1.29, 1.82) is 0 Å². The Kier molecular flexibility index (Phi) is 8.93. The molecule has 0 spiro atoms. The van der Waals surface area contributed by atoms with Gasteiger partial charge in [0.15, 0.2) is 6.10 Å². The Morgan fingerprint density at radius 1 is 1.21 bits per heavy atom. The SMILES string of the molecule is CCNC(=O)[C@@H](C)OC(=O)[C@H](CCSC)NC(=O)c1ccccc1. The Labute approximate surface area is 146 Å². The summed E-state index contributed by atoms with van der Waals surface area (Å²) in [6.07, 6.45) is 1.45. The summed E-state index contributed by atoms with van der Waals surface area (Å²) in [5.41, 5.74) is 0.469. The number of benzene rings is 1. The second-order valence-electron chi connectivity index (χ2n) is 5.15. The third-order valence-corrected chi connectivity index (χ3v) is 3.89. The van der Waals surface area contributed by atoms with E-state index < -0.39 is 18.1 Å². The fourth-order valence-electron chi connectivity index (χ4n) is 1.94. The summed E-state index contributed by atoms with van der Waals surface area (Å²) in [5.74, 6) is -0.620. The molecule has 0 saturated carbocycles. The van der Waals surface area contributed by atoms with Crippen molar-refractivity contribution in [2.24, 2.45) is 0 Å². The molecule has 0 unspecified atom stereocenters. The molecule has 7 heteroatoms. The van der Waals surface area contributed by atoms with Crippen molar-refractivity contribution in [1.82, 2.24) is 10.6 Å². The van der Waals surface area contributed by atoms with Crippen LogP contribution in [0.2, 0.25) is 0 Å². The van der Waals surface area contributed by atoms with Crippen molar-refractivity contribution in [2.45, 2.75) is 32.4 Å². The van der Waals surface area contributed by atoms with Crippen LogP contribution in [0, 0.1) is 0 Å². The van der Waals surface area contributed by atoms with Gasteiger partial charge in [0.2, 0.25) is 0 Å². The number of carbonyl (C=O) groups excluding carboxylic acids is 3. The minimum atomic E-state index is -0.900. The van der Waals surface area contributed by atoms with Gasteiger partial charge < -0.3 is 15.4 Å². The summed E-state index contributed by atoms with van der Waals surface area (Å²) >= 11 is 1.57. The number of ether oxygens (including phenoxy) is 1. The van der Waals surface area contributed by atoms with E-state index in [2.05, 4.69) is 10.6 Å². The van der Waals surface area contributed by atoms with Crippen LogP contribution in [-0.4, -0.2) is 48.5 Å². The second-order valence-corrected chi connectivity index (χ2v) is 6.13. The molecule has 0 fully saturated rings. The molecular weight excluding hydrogens is 328 g/mol. The highest BCUT2D eigenvalue weighted by Crippen LogP contribution is 2.07. The molecule has 0 heterocycles. The molecule has 0 aromatic heterocycles. The molecule has 2 N–H and O–H groups in total. The van der Waals surface area contributed by atoms with Gasteiger partial charge in [-0.3, -0.25) is 9.59 Å². The minimum Gasteiger partial charge on any atom is -0.451 e. The van der Waals surface area contributed by atoms with E-state index in [9.17, 15) is 14.4 Å². The van der Waals surface area contributed by atoms with Crippen molar-refractivity contribution < 1.29 is 19.1 Å². The molecule has 6 nitrogen and oxygen atoms in total. The monoisotopic (exact) mass is 352 g/mol. The number of amides is 2. The van der Waals surface area contributed by atoms with E-state index in [1.165, 1.54) is 6.92 Å². The topological polar surface area (TPSA) is 84.5 Å². The number of hydrogen-bond donors (Lipinski definition) is 2. The lowest BCUT2D eigenvalue weighted by Gasteiger charge is -2.20. The molecular formula is C17H24N2O4S. The zero-order valence-electron chi connectivity index (χ0n) is 14.2. The fourth-order valence-corrected chi connectivity index (χ4v) is 2.42. The molecule has 0 aliphatic rings. The number of rotatable bonds is 9. The molecule has 0 aliphatic heterocycles. The summed E-state index contributed by atoms with van der Waals surface area (Å²) < 4.78 is 5.19. The summed E-state index contributed by atoms with van der Waals surface area (Å²) in [6.45, 7) is 3.75. The quantitative estimate of drug-likeness (QED) is 0.660. The lowest BCUT2D eigenvalue weighted by molar-refractivity contribution is -0.156. The highest BCUT2D eigenvalue weighted by atomic mass is 32.2. The van der Waals surface area contributed by atoms with Crippen LogP contribution in [0.15, 0.2) is 30.3 Å². The van der Waals surface area contributed by atoms with Gasteiger partial charge in [0, 0.05) is 12.1 Å². The Balaban J connectivity index is 2.71. The van der Waals surface area contributed by atoms with Gasteiger partial charge in [-0.25, -0.2) is 4.79 Å². The Morgan fingerprint density at radius 3 is 2.46 bits per heavy atom. The van der Waals surface area contributed by atoms with Crippen LogP contribution < -0.4 is 10.6 Å². The van der Waals surface area contributed by atoms with Gasteiger partial charge in [-0.2, -0.15) is 11.8 Å². The maximum atomic E-state index is 12.3. The van der Waals surface area contributed by atoms with Crippen LogP contribution in [0.1, 0.15) is 30.6 Å². The Hall–Kier alpha value is -2.02. The van der Waals surface area contributed by atoms with E-state index in [1.54, 1.807) is 43.0 Å². The predicted molar refractivity (Wildman–Crippen MR) is 94.9 cm³/mol. The highest BCUT2D eigenvalue weighted by molar-refractivity contribution is 7.98. The average Bonchev–Trinajstić information content (AvgIpc) is 2.59. The standard InChI is InChI=1S/C17H24N2O4S/c1-4-18-15(20)12(2)23-17(22)14(10-11-24-3)19-16(21)13-8-6-5-7-9-13/h5-9,12,14H,4,10-11H2,1-3H3,(H,18,20)(H,19,21)/t12-,14+/m1/s1. The third kappa shape index (κ3) is 6.62. The van der Waals surface area contributed by atoms with E-state index in [0.29, 0.717) is 24.3 Å². The molecule has 0 bridgehead atoms. The van der Waals surface area contributed by atoms with Crippen molar-refractivity contribution in [3.63, 3.8) is 0 Å². The summed E-state index contributed by atoms with van der Waals surface area (Å²) in [5, 5.41) is 5.28. The first-order valence-corrected chi connectivity index (χ1v) is 9.22. The molecule has 0 radical (unpaired) electrons. The number of esters is 1. The van der Waals surface area contributed by atoms with Gasteiger partial charge in [-0.15, -0.1) is 0 Å². The van der Waals surface area contributed by atoms with Crippen LogP contribution in [-0.2, 0) is 14.3 Å². The zero-order chi connectivity index (χ0) is 17.9. The van der Waals surface area contributed by atoms with Gasteiger partial charge in [-0.1, -0.05) is 18.2 Å². The van der Waals surface area contributed by atoms with Crippen molar-refractivity contribution in [2.75, 3.05) is 18.6 Å². The number of hydrogen-bond acceptors (Lipinski definition) is 5. The van der Waals surface area contributed by atoms with E-state index in [1.807, 2.05) is 12.3 Å². The van der Waals surface area contributed by atoms with E-state index >= 15 is 0 Å². The predicted octanol–water partition coefficient (Wildman–Crippen LogP) is 1.61. The first-order chi connectivity index (χ1) is 11.5. The number of nitrogens with one attached hydrogen (secondary N) is 2. The summed E-state index contributed by atoms with van der Waals surface area (Å²) in [6, 6.07) is 7.86. The number of carbonyl (C=O) groups is 3. The molecule has 0 aliphatic carbocycles. The third-order valence-electron chi connectivity index (χ3n) is 3.25. The van der Waals surface area contributed by atoms with Gasteiger partial charge in [0.1, 0.15) is 6.04 Å². The molecule has 0 saturated heterocycles.